The molecular formula is C16H21NO2S2. The highest BCUT2D eigenvalue weighted by Gasteiger charge is 2.28. The average molecular weight is 323 g/mol. The van der Waals surface area contributed by atoms with Crippen LogP contribution in [0.2, 0.25) is 0 Å². The van der Waals surface area contributed by atoms with Crippen LogP contribution in [0.5, 0.6) is 0 Å². The number of hydrogen-bond donors (Lipinski definition) is 1. The largest absolute Gasteiger partial charge is 0.396 e. The van der Waals surface area contributed by atoms with E-state index in [4.69, 9.17) is 0 Å². The maximum absolute atomic E-state index is 12.8. The Labute approximate surface area is 133 Å². The highest BCUT2D eigenvalue weighted by Crippen LogP contribution is 2.35. The normalized spacial score (nSPS) is 19.3. The predicted molar refractivity (Wildman–Crippen MR) is 89.5 cm³/mol. The molecule has 2 aromatic rings. The van der Waals surface area contributed by atoms with E-state index >= 15 is 0 Å². The van der Waals surface area contributed by atoms with E-state index in [1.54, 1.807) is 22.7 Å². The summed E-state index contributed by atoms with van der Waals surface area (Å²) < 4.78 is 1.26. The van der Waals surface area contributed by atoms with Gasteiger partial charge >= 0.3 is 0 Å². The van der Waals surface area contributed by atoms with E-state index in [2.05, 4.69) is 13.0 Å². The Kier molecular flexibility index (Phi) is 4.62. The molecule has 3 nitrogen and oxygen atoms in total. The number of piperidine rings is 1. The Morgan fingerprint density at radius 3 is 2.95 bits per heavy atom. The number of thiophene rings is 2. The molecule has 2 aromatic heterocycles. The standard InChI is InChI=1S/C16H21NO2S2/c1-2-13-9-11-10-14(21-16(11)20-13)15(19)17-7-4-3-5-12(17)6-8-18/h9-10,12,18H,2-8H2,1H3. The number of likely N-dealkylation sites (tertiary alicyclic amines) is 1. The summed E-state index contributed by atoms with van der Waals surface area (Å²) in [6.07, 6.45) is 5.01. The Hall–Kier alpha value is -0.910. The molecule has 0 saturated carbocycles. The van der Waals surface area contributed by atoms with Crippen molar-refractivity contribution < 1.29 is 9.90 Å². The highest BCUT2D eigenvalue weighted by molar-refractivity contribution is 7.39. The van der Waals surface area contributed by atoms with Gasteiger partial charge in [0.15, 0.2) is 0 Å². The van der Waals surface area contributed by atoms with E-state index in [1.807, 2.05) is 11.0 Å². The minimum atomic E-state index is 0.152. The van der Waals surface area contributed by atoms with Gasteiger partial charge < -0.3 is 10.0 Å². The van der Waals surface area contributed by atoms with Gasteiger partial charge in [-0.2, -0.15) is 0 Å². The number of nitrogens with zero attached hydrogens (tertiary/aromatic N) is 1. The lowest BCUT2D eigenvalue weighted by Gasteiger charge is -2.35. The summed E-state index contributed by atoms with van der Waals surface area (Å²) in [6, 6.07) is 4.46. The molecule has 1 aliphatic rings. The van der Waals surface area contributed by atoms with Crippen LogP contribution in [0.1, 0.15) is 47.2 Å². The lowest BCUT2D eigenvalue weighted by molar-refractivity contribution is 0.0579. The quantitative estimate of drug-likeness (QED) is 0.927. The lowest BCUT2D eigenvalue weighted by Crippen LogP contribution is -2.43. The third kappa shape index (κ3) is 3.00. The number of carbonyl (C=O) groups is 1. The van der Waals surface area contributed by atoms with Crippen LogP contribution in [0.4, 0.5) is 0 Å². The van der Waals surface area contributed by atoms with E-state index in [9.17, 15) is 9.90 Å². The third-order valence-electron chi connectivity index (χ3n) is 4.17. The molecule has 0 aliphatic carbocycles. The molecule has 1 unspecified atom stereocenters. The van der Waals surface area contributed by atoms with Crippen LogP contribution in [-0.4, -0.2) is 35.1 Å². The van der Waals surface area contributed by atoms with Gasteiger partial charge in [-0.1, -0.05) is 6.92 Å². The minimum absolute atomic E-state index is 0.152. The molecule has 0 spiro atoms. The Morgan fingerprint density at radius 2 is 2.24 bits per heavy atom. The summed E-state index contributed by atoms with van der Waals surface area (Å²) in [5.74, 6) is 0.152. The molecule has 1 N–H and O–H groups in total. The smallest absolute Gasteiger partial charge is 0.264 e. The molecule has 0 radical (unpaired) electrons. The number of aliphatic hydroxyl groups is 1. The van der Waals surface area contributed by atoms with Crippen LogP contribution < -0.4 is 0 Å². The molecule has 114 valence electrons. The molecule has 21 heavy (non-hydrogen) atoms. The van der Waals surface area contributed by atoms with Crippen molar-refractivity contribution in [1.29, 1.82) is 0 Å². The van der Waals surface area contributed by atoms with Gasteiger partial charge in [0, 0.05) is 29.5 Å². The zero-order chi connectivity index (χ0) is 14.8. The van der Waals surface area contributed by atoms with Gasteiger partial charge in [-0.05, 0) is 44.2 Å². The van der Waals surface area contributed by atoms with Gasteiger partial charge in [0.05, 0.1) is 8.89 Å². The van der Waals surface area contributed by atoms with Crippen molar-refractivity contribution >= 4 is 38.0 Å². The SMILES string of the molecule is CCc1cc2cc(C(=O)N3CCCCC3CCO)sc2s1. The van der Waals surface area contributed by atoms with E-state index in [-0.39, 0.29) is 18.6 Å². The van der Waals surface area contributed by atoms with Crippen LogP contribution in [0.25, 0.3) is 9.40 Å². The third-order valence-corrected chi connectivity index (χ3v) is 6.70. The van der Waals surface area contributed by atoms with Gasteiger partial charge in [0.2, 0.25) is 0 Å². The second-order valence-corrected chi connectivity index (χ2v) is 8.03. The topological polar surface area (TPSA) is 40.5 Å². The van der Waals surface area contributed by atoms with Gasteiger partial charge in [-0.15, -0.1) is 22.7 Å². The molecule has 0 aromatic carbocycles. The monoisotopic (exact) mass is 323 g/mol. The van der Waals surface area contributed by atoms with Gasteiger partial charge in [-0.25, -0.2) is 0 Å². The van der Waals surface area contributed by atoms with Crippen LogP contribution in [0, 0.1) is 0 Å². The molecule has 1 aliphatic heterocycles. The maximum atomic E-state index is 12.8. The van der Waals surface area contributed by atoms with Crippen LogP contribution in [-0.2, 0) is 6.42 Å². The summed E-state index contributed by atoms with van der Waals surface area (Å²) in [4.78, 5) is 17.0. The molecule has 1 amide bonds. The molecule has 5 heteroatoms. The van der Waals surface area contributed by atoms with E-state index in [1.165, 1.54) is 14.3 Å². The number of carbonyl (C=O) groups excluding carboxylic acids is 1. The number of fused-ring (bicyclic) bond motifs is 1. The number of rotatable bonds is 4. The van der Waals surface area contributed by atoms with Crippen molar-refractivity contribution in [2.24, 2.45) is 0 Å². The van der Waals surface area contributed by atoms with E-state index in [0.29, 0.717) is 6.42 Å². The van der Waals surface area contributed by atoms with Crippen molar-refractivity contribution in [3.63, 3.8) is 0 Å². The molecule has 3 heterocycles. The summed E-state index contributed by atoms with van der Waals surface area (Å²) in [7, 11) is 0. The Morgan fingerprint density at radius 1 is 1.38 bits per heavy atom. The maximum Gasteiger partial charge on any atom is 0.264 e. The molecular weight excluding hydrogens is 302 g/mol. The molecule has 0 bridgehead atoms. The summed E-state index contributed by atoms with van der Waals surface area (Å²) in [5.41, 5.74) is 0. The highest BCUT2D eigenvalue weighted by atomic mass is 32.2. The number of hydrogen-bond acceptors (Lipinski definition) is 4. The number of aliphatic hydroxyl groups excluding tert-OH is 1. The van der Waals surface area contributed by atoms with E-state index < -0.39 is 0 Å². The van der Waals surface area contributed by atoms with Crippen molar-refractivity contribution in [1.82, 2.24) is 4.90 Å². The number of aryl methyl sites for hydroxylation is 1. The van der Waals surface area contributed by atoms with Crippen molar-refractivity contribution in [3.05, 3.63) is 21.9 Å². The molecule has 1 atom stereocenters. The van der Waals surface area contributed by atoms with Crippen LogP contribution in [0.3, 0.4) is 0 Å². The Bertz CT molecular complexity index is 598. The molecule has 1 fully saturated rings. The fourth-order valence-electron chi connectivity index (χ4n) is 3.03. The van der Waals surface area contributed by atoms with Crippen LogP contribution >= 0.6 is 22.7 Å². The zero-order valence-corrected chi connectivity index (χ0v) is 13.9. The minimum Gasteiger partial charge on any atom is -0.396 e. The first kappa shape index (κ1) is 15.0. The summed E-state index contributed by atoms with van der Waals surface area (Å²) in [6.45, 7) is 3.15. The lowest BCUT2D eigenvalue weighted by atomic mass is 9.99. The Balaban J connectivity index is 1.82. The summed E-state index contributed by atoms with van der Waals surface area (Å²) in [5, 5.41) is 10.4. The van der Waals surface area contributed by atoms with Gasteiger partial charge in [0.25, 0.3) is 5.91 Å². The first-order valence-electron chi connectivity index (χ1n) is 7.67. The molecule has 1 saturated heterocycles. The fourth-order valence-corrected chi connectivity index (χ4v) is 5.42. The van der Waals surface area contributed by atoms with Gasteiger partial charge in [-0.3, -0.25) is 4.79 Å². The average Bonchev–Trinajstić information content (AvgIpc) is 3.05. The van der Waals surface area contributed by atoms with Crippen LogP contribution in [0.15, 0.2) is 12.1 Å². The first-order valence-corrected chi connectivity index (χ1v) is 9.30. The van der Waals surface area contributed by atoms with Crippen molar-refractivity contribution in [3.8, 4) is 0 Å². The predicted octanol–water partition coefficient (Wildman–Crippen LogP) is 3.90. The second-order valence-electron chi connectivity index (χ2n) is 5.58. The molecule has 3 rings (SSSR count). The first-order chi connectivity index (χ1) is 10.2. The van der Waals surface area contributed by atoms with Gasteiger partial charge in [0.1, 0.15) is 0 Å². The fraction of sp³-hybridized carbons (Fsp3) is 0.562. The van der Waals surface area contributed by atoms with Crippen molar-refractivity contribution in [2.75, 3.05) is 13.2 Å². The number of amides is 1. The second kappa shape index (κ2) is 6.46. The van der Waals surface area contributed by atoms with Crippen molar-refractivity contribution in [2.45, 2.75) is 45.1 Å². The van der Waals surface area contributed by atoms with E-state index in [0.717, 1.165) is 37.1 Å². The zero-order valence-electron chi connectivity index (χ0n) is 12.3. The summed E-state index contributed by atoms with van der Waals surface area (Å²) >= 11 is 3.42.